The zero-order chi connectivity index (χ0) is 19.2. The number of benzene rings is 2. The molecule has 0 spiro atoms. The number of nitrogens with two attached hydrogens (primary N) is 1. The first-order valence-electron chi connectivity index (χ1n) is 8.05. The molecule has 2 aromatic carbocycles. The van der Waals surface area contributed by atoms with Gasteiger partial charge in [0.2, 0.25) is 11.1 Å². The monoisotopic (exact) mass is 403 g/mol. The first-order valence-corrected chi connectivity index (χ1v) is 9.42. The van der Waals surface area contributed by atoms with Gasteiger partial charge in [0.25, 0.3) is 0 Å². The van der Waals surface area contributed by atoms with Crippen LogP contribution in [0.25, 0.3) is 11.4 Å². The lowest BCUT2D eigenvalue weighted by molar-refractivity contribution is -0.118. The number of nitrogens with one attached hydrogen (secondary N) is 1. The van der Waals surface area contributed by atoms with Gasteiger partial charge >= 0.3 is 0 Å². The van der Waals surface area contributed by atoms with Crippen molar-refractivity contribution in [1.29, 1.82) is 0 Å². The van der Waals surface area contributed by atoms with Gasteiger partial charge in [-0.2, -0.15) is 0 Å². The number of hydrogen-bond acceptors (Lipinski definition) is 6. The van der Waals surface area contributed by atoms with Crippen LogP contribution in [0.15, 0.2) is 53.7 Å². The van der Waals surface area contributed by atoms with Crippen molar-refractivity contribution in [2.75, 3.05) is 18.7 Å². The Morgan fingerprint density at radius 2 is 1.89 bits per heavy atom. The molecule has 0 fully saturated rings. The smallest absolute Gasteiger partial charge is 0.230 e. The molecule has 0 radical (unpaired) electrons. The molecular weight excluding hydrogens is 386 g/mol. The third-order valence-corrected chi connectivity index (χ3v) is 4.94. The lowest BCUT2D eigenvalue weighted by Gasteiger charge is -2.06. The highest BCUT2D eigenvalue weighted by atomic mass is 35.5. The van der Waals surface area contributed by atoms with Crippen LogP contribution in [0.5, 0.6) is 5.75 Å². The van der Waals surface area contributed by atoms with Gasteiger partial charge in [-0.1, -0.05) is 35.5 Å². The molecule has 0 unspecified atom stereocenters. The number of rotatable bonds is 7. The fourth-order valence-corrected chi connectivity index (χ4v) is 3.11. The highest BCUT2D eigenvalue weighted by Gasteiger charge is 2.13. The second-order valence-electron chi connectivity index (χ2n) is 5.60. The summed E-state index contributed by atoms with van der Waals surface area (Å²) in [5, 5.41) is 12.1. The summed E-state index contributed by atoms with van der Waals surface area (Å²) in [5.41, 5.74) is 1.78. The standard InChI is InChI=1S/C18H18ClN5O2S/c1-26-15-8-2-12(3-9-15)10-21-16(25)11-27-18-23-22-17(24(18)20)13-4-6-14(19)7-5-13/h2-9H,10-11,20H2,1H3,(H,21,25). The second kappa shape index (κ2) is 8.79. The van der Waals surface area contributed by atoms with Crippen LogP contribution >= 0.6 is 23.4 Å². The van der Waals surface area contributed by atoms with E-state index in [4.69, 9.17) is 22.2 Å². The summed E-state index contributed by atoms with van der Waals surface area (Å²) in [4.78, 5) is 12.1. The van der Waals surface area contributed by atoms with Crippen LogP contribution < -0.4 is 15.9 Å². The van der Waals surface area contributed by atoms with Crippen LogP contribution in [0.3, 0.4) is 0 Å². The lowest BCUT2D eigenvalue weighted by Crippen LogP contribution is -2.25. The molecule has 140 valence electrons. The van der Waals surface area contributed by atoms with Crippen molar-refractivity contribution >= 4 is 29.3 Å². The molecule has 1 amide bonds. The number of aromatic nitrogens is 3. The normalized spacial score (nSPS) is 10.6. The minimum Gasteiger partial charge on any atom is -0.497 e. The Bertz CT molecular complexity index is 913. The van der Waals surface area contributed by atoms with Gasteiger partial charge in [-0.15, -0.1) is 10.2 Å². The zero-order valence-electron chi connectivity index (χ0n) is 14.6. The Kier molecular flexibility index (Phi) is 6.20. The molecule has 3 N–H and O–H groups in total. The molecule has 9 heteroatoms. The molecule has 1 aromatic heterocycles. The Labute approximate surface area is 165 Å². The van der Waals surface area contributed by atoms with E-state index in [2.05, 4.69) is 15.5 Å². The summed E-state index contributed by atoms with van der Waals surface area (Å²) in [6.45, 7) is 0.439. The number of nitrogen functional groups attached to an aromatic ring is 1. The molecule has 0 aliphatic heterocycles. The molecule has 0 aliphatic rings. The maximum atomic E-state index is 12.1. The fourth-order valence-electron chi connectivity index (χ4n) is 2.30. The molecule has 1 heterocycles. The van der Waals surface area contributed by atoms with Crippen LogP contribution in [0.4, 0.5) is 0 Å². The molecule has 3 aromatic rings. The van der Waals surface area contributed by atoms with Crippen molar-refractivity contribution in [1.82, 2.24) is 20.2 Å². The van der Waals surface area contributed by atoms with Crippen LogP contribution in [0.2, 0.25) is 5.02 Å². The van der Waals surface area contributed by atoms with Crippen molar-refractivity contribution < 1.29 is 9.53 Å². The summed E-state index contributed by atoms with van der Waals surface area (Å²) in [6, 6.07) is 14.6. The Morgan fingerprint density at radius 3 is 2.56 bits per heavy atom. The fraction of sp³-hybridized carbons (Fsp3) is 0.167. The van der Waals surface area contributed by atoms with E-state index in [-0.39, 0.29) is 11.7 Å². The van der Waals surface area contributed by atoms with Gasteiger partial charge in [0.15, 0.2) is 5.82 Å². The quantitative estimate of drug-likeness (QED) is 0.465. The van der Waals surface area contributed by atoms with E-state index in [1.807, 2.05) is 36.4 Å². The summed E-state index contributed by atoms with van der Waals surface area (Å²) in [7, 11) is 1.61. The SMILES string of the molecule is COc1ccc(CNC(=O)CSc2nnc(-c3ccc(Cl)cc3)n2N)cc1. The number of methoxy groups -OCH3 is 1. The lowest BCUT2D eigenvalue weighted by atomic mass is 10.2. The van der Waals surface area contributed by atoms with E-state index in [1.54, 1.807) is 19.2 Å². The molecule has 7 nitrogen and oxygen atoms in total. The summed E-state index contributed by atoms with van der Waals surface area (Å²) in [6.07, 6.45) is 0. The summed E-state index contributed by atoms with van der Waals surface area (Å²) < 4.78 is 6.47. The molecule has 27 heavy (non-hydrogen) atoms. The largest absolute Gasteiger partial charge is 0.497 e. The van der Waals surface area contributed by atoms with Crippen LogP contribution in [-0.4, -0.2) is 33.6 Å². The van der Waals surface area contributed by atoms with E-state index in [0.29, 0.717) is 22.5 Å². The molecule has 0 atom stereocenters. The predicted octanol–water partition coefficient (Wildman–Crippen LogP) is 2.73. The Hall–Kier alpha value is -2.71. The number of amides is 1. The first kappa shape index (κ1) is 19.1. The van der Waals surface area contributed by atoms with Crippen molar-refractivity contribution in [2.24, 2.45) is 0 Å². The van der Waals surface area contributed by atoms with Crippen molar-refractivity contribution in [3.63, 3.8) is 0 Å². The third-order valence-electron chi connectivity index (χ3n) is 3.75. The van der Waals surface area contributed by atoms with Crippen molar-refractivity contribution in [3.05, 3.63) is 59.1 Å². The van der Waals surface area contributed by atoms with E-state index in [9.17, 15) is 4.79 Å². The molecule has 0 saturated heterocycles. The van der Waals surface area contributed by atoms with Crippen LogP contribution in [0.1, 0.15) is 5.56 Å². The highest BCUT2D eigenvalue weighted by Crippen LogP contribution is 2.22. The van der Waals surface area contributed by atoms with Gasteiger partial charge in [-0.25, -0.2) is 4.68 Å². The molecule has 0 saturated carbocycles. The van der Waals surface area contributed by atoms with Gasteiger partial charge in [0.1, 0.15) is 5.75 Å². The minimum absolute atomic E-state index is 0.119. The number of ether oxygens (including phenoxy) is 1. The minimum atomic E-state index is -0.119. The van der Waals surface area contributed by atoms with Gasteiger partial charge < -0.3 is 15.9 Å². The number of hydrogen-bond donors (Lipinski definition) is 2. The molecule has 3 rings (SSSR count). The van der Waals surface area contributed by atoms with E-state index in [1.165, 1.54) is 16.4 Å². The molecular formula is C18H18ClN5O2S. The number of nitrogens with zero attached hydrogens (tertiary/aromatic N) is 3. The zero-order valence-corrected chi connectivity index (χ0v) is 16.1. The van der Waals surface area contributed by atoms with Crippen molar-refractivity contribution in [2.45, 2.75) is 11.7 Å². The highest BCUT2D eigenvalue weighted by molar-refractivity contribution is 7.99. The topological polar surface area (TPSA) is 95.1 Å². The van der Waals surface area contributed by atoms with Gasteiger partial charge in [-0.05, 0) is 42.0 Å². The second-order valence-corrected chi connectivity index (χ2v) is 6.98. The van der Waals surface area contributed by atoms with Crippen LogP contribution in [-0.2, 0) is 11.3 Å². The van der Waals surface area contributed by atoms with Gasteiger partial charge in [0, 0.05) is 17.1 Å². The molecule has 0 aliphatic carbocycles. The first-order chi connectivity index (χ1) is 13.1. The van der Waals surface area contributed by atoms with Gasteiger partial charge in [-0.3, -0.25) is 4.79 Å². The third kappa shape index (κ3) is 4.93. The summed E-state index contributed by atoms with van der Waals surface area (Å²) >= 11 is 7.11. The Balaban J connectivity index is 1.53. The average Bonchev–Trinajstić information content (AvgIpc) is 3.06. The maximum absolute atomic E-state index is 12.1. The predicted molar refractivity (Wildman–Crippen MR) is 106 cm³/mol. The van der Waals surface area contributed by atoms with E-state index < -0.39 is 0 Å². The number of carbonyl (C=O) groups excluding carboxylic acids is 1. The summed E-state index contributed by atoms with van der Waals surface area (Å²) in [5.74, 6) is 7.40. The number of thioether (sulfide) groups is 1. The maximum Gasteiger partial charge on any atom is 0.230 e. The number of carbonyl (C=O) groups is 1. The van der Waals surface area contributed by atoms with E-state index >= 15 is 0 Å². The van der Waals surface area contributed by atoms with Gasteiger partial charge in [0.05, 0.1) is 12.9 Å². The average molecular weight is 404 g/mol. The molecule has 0 bridgehead atoms. The van der Waals surface area contributed by atoms with Crippen molar-refractivity contribution in [3.8, 4) is 17.1 Å². The number of halogens is 1. The van der Waals surface area contributed by atoms with Crippen LogP contribution in [0, 0.1) is 0 Å². The Morgan fingerprint density at radius 1 is 1.19 bits per heavy atom. The van der Waals surface area contributed by atoms with E-state index in [0.717, 1.165) is 16.9 Å².